The molecule has 0 unspecified atom stereocenters. The van der Waals surface area contributed by atoms with Gasteiger partial charge in [-0.3, -0.25) is 0 Å². The molecule has 20 heavy (non-hydrogen) atoms. The van der Waals surface area contributed by atoms with E-state index in [-0.39, 0.29) is 5.69 Å². The molecule has 1 aromatic rings. The molecule has 5 nitrogen and oxygen atoms in total. The maximum absolute atomic E-state index is 11.4. The highest BCUT2D eigenvalue weighted by atomic mass is 16.5. The number of anilines is 1. The van der Waals surface area contributed by atoms with E-state index in [0.29, 0.717) is 5.82 Å². The van der Waals surface area contributed by atoms with E-state index in [1.807, 2.05) is 4.57 Å². The number of nitrogen functional groups attached to an aromatic ring is 1. The van der Waals surface area contributed by atoms with Crippen LogP contribution in [0.2, 0.25) is 0 Å². The summed E-state index contributed by atoms with van der Waals surface area (Å²) in [5.41, 5.74) is 6.09. The van der Waals surface area contributed by atoms with Crippen LogP contribution in [0.4, 0.5) is 5.82 Å². The molecule has 0 aromatic carbocycles. The van der Waals surface area contributed by atoms with Crippen molar-refractivity contribution >= 4 is 11.8 Å². The van der Waals surface area contributed by atoms with E-state index in [1.54, 1.807) is 6.33 Å². The number of aryl methyl sites for hydroxylation is 1. The minimum absolute atomic E-state index is 0.215. The molecule has 1 aromatic heterocycles. The number of unbranched alkanes of at least 4 members (excludes halogenated alkanes) is 7. The molecule has 0 atom stereocenters. The fraction of sp³-hybridized carbons (Fsp3) is 0.733. The highest BCUT2D eigenvalue weighted by Crippen LogP contribution is 2.14. The highest BCUT2D eigenvalue weighted by Gasteiger charge is 2.15. The number of carbonyl (C=O) groups excluding carboxylic acids is 1. The lowest BCUT2D eigenvalue weighted by atomic mass is 10.1. The van der Waals surface area contributed by atoms with Crippen molar-refractivity contribution in [3.05, 3.63) is 12.0 Å². The van der Waals surface area contributed by atoms with Gasteiger partial charge in [-0.05, 0) is 6.42 Å². The summed E-state index contributed by atoms with van der Waals surface area (Å²) in [5.74, 6) is -0.0723. The lowest BCUT2D eigenvalue weighted by Gasteiger charge is -2.05. The normalized spacial score (nSPS) is 10.7. The Hall–Kier alpha value is -1.52. The van der Waals surface area contributed by atoms with Gasteiger partial charge >= 0.3 is 5.97 Å². The summed E-state index contributed by atoms with van der Waals surface area (Å²) in [5, 5.41) is 0. The van der Waals surface area contributed by atoms with Crippen molar-refractivity contribution in [2.75, 3.05) is 12.8 Å². The standard InChI is InChI=1S/C15H27N3O2/c1-3-4-5-6-7-8-9-10-11-18-12-17-13(14(18)16)15(19)20-2/h12H,3-11,16H2,1-2H3. The molecule has 114 valence electrons. The van der Waals surface area contributed by atoms with E-state index in [0.717, 1.165) is 13.0 Å². The molecule has 2 N–H and O–H groups in total. The largest absolute Gasteiger partial charge is 0.464 e. The van der Waals surface area contributed by atoms with Crippen LogP contribution >= 0.6 is 0 Å². The van der Waals surface area contributed by atoms with Crippen molar-refractivity contribution in [3.8, 4) is 0 Å². The van der Waals surface area contributed by atoms with Gasteiger partial charge in [0.1, 0.15) is 5.82 Å². The average Bonchev–Trinajstić information content (AvgIpc) is 2.82. The number of nitrogens with zero attached hydrogens (tertiary/aromatic N) is 2. The molecule has 1 heterocycles. The molecule has 0 saturated heterocycles. The van der Waals surface area contributed by atoms with E-state index in [1.165, 1.54) is 52.1 Å². The Bertz CT molecular complexity index is 402. The molecule has 1 rings (SSSR count). The first-order valence-electron chi connectivity index (χ1n) is 7.59. The summed E-state index contributed by atoms with van der Waals surface area (Å²) in [6, 6.07) is 0. The number of hydrogen-bond acceptors (Lipinski definition) is 4. The van der Waals surface area contributed by atoms with Crippen LogP contribution in [0.3, 0.4) is 0 Å². The van der Waals surface area contributed by atoms with Gasteiger partial charge in [-0.15, -0.1) is 0 Å². The smallest absolute Gasteiger partial charge is 0.360 e. The fourth-order valence-corrected chi connectivity index (χ4v) is 2.24. The Labute approximate surface area is 121 Å². The second-order valence-electron chi connectivity index (χ2n) is 5.14. The molecule has 0 bridgehead atoms. The van der Waals surface area contributed by atoms with Crippen LogP contribution in [0.5, 0.6) is 0 Å². The van der Waals surface area contributed by atoms with Crippen molar-refractivity contribution in [1.29, 1.82) is 0 Å². The summed E-state index contributed by atoms with van der Waals surface area (Å²) in [4.78, 5) is 15.4. The number of esters is 1. The van der Waals surface area contributed by atoms with Crippen LogP contribution in [0.15, 0.2) is 6.33 Å². The maximum Gasteiger partial charge on any atom is 0.360 e. The molecule has 0 aliphatic carbocycles. The molecule has 0 fully saturated rings. The minimum atomic E-state index is -0.475. The molecule has 0 spiro atoms. The van der Waals surface area contributed by atoms with E-state index in [4.69, 9.17) is 5.73 Å². The number of rotatable bonds is 10. The van der Waals surface area contributed by atoms with Crippen molar-refractivity contribution in [2.24, 2.45) is 0 Å². The van der Waals surface area contributed by atoms with E-state index in [2.05, 4.69) is 16.6 Å². The summed E-state index contributed by atoms with van der Waals surface area (Å²) in [7, 11) is 1.33. The second-order valence-corrected chi connectivity index (χ2v) is 5.14. The average molecular weight is 281 g/mol. The Kier molecular flexibility index (Phi) is 7.77. The lowest BCUT2D eigenvalue weighted by molar-refractivity contribution is 0.0596. The first-order chi connectivity index (χ1) is 9.70. The van der Waals surface area contributed by atoms with Gasteiger partial charge in [0.15, 0.2) is 5.69 Å². The number of carbonyl (C=O) groups is 1. The zero-order valence-corrected chi connectivity index (χ0v) is 12.7. The molecular weight excluding hydrogens is 254 g/mol. The van der Waals surface area contributed by atoms with E-state index >= 15 is 0 Å². The Morgan fingerprint density at radius 2 is 1.80 bits per heavy atom. The van der Waals surface area contributed by atoms with Gasteiger partial charge < -0.3 is 15.0 Å². The van der Waals surface area contributed by atoms with Crippen molar-refractivity contribution < 1.29 is 9.53 Å². The van der Waals surface area contributed by atoms with E-state index < -0.39 is 5.97 Å². The number of methoxy groups -OCH3 is 1. The third-order valence-electron chi connectivity index (χ3n) is 3.51. The fourth-order valence-electron chi connectivity index (χ4n) is 2.24. The first-order valence-corrected chi connectivity index (χ1v) is 7.59. The van der Waals surface area contributed by atoms with Gasteiger partial charge in [-0.25, -0.2) is 9.78 Å². The highest BCUT2D eigenvalue weighted by molar-refractivity contribution is 5.91. The molecule has 0 amide bonds. The summed E-state index contributed by atoms with van der Waals surface area (Å²) in [6.07, 6.45) is 11.8. The quantitative estimate of drug-likeness (QED) is 0.527. The zero-order chi connectivity index (χ0) is 14.8. The monoisotopic (exact) mass is 281 g/mol. The number of aromatic nitrogens is 2. The molecule has 0 radical (unpaired) electrons. The van der Waals surface area contributed by atoms with Crippen LogP contribution in [-0.2, 0) is 11.3 Å². The minimum Gasteiger partial charge on any atom is -0.464 e. The molecule has 0 aliphatic rings. The maximum atomic E-state index is 11.4. The van der Waals surface area contributed by atoms with Gasteiger partial charge in [0.05, 0.1) is 13.4 Å². The third-order valence-corrected chi connectivity index (χ3v) is 3.51. The van der Waals surface area contributed by atoms with Crippen molar-refractivity contribution in [2.45, 2.75) is 64.8 Å². The lowest BCUT2D eigenvalue weighted by Crippen LogP contribution is -2.08. The third kappa shape index (κ3) is 5.23. The van der Waals surface area contributed by atoms with Crippen LogP contribution in [-0.4, -0.2) is 22.6 Å². The van der Waals surface area contributed by atoms with Gasteiger partial charge in [0, 0.05) is 6.54 Å². The number of nitrogens with two attached hydrogens (primary N) is 1. The predicted octanol–water partition coefficient (Wildman–Crippen LogP) is 3.39. The van der Waals surface area contributed by atoms with Gasteiger partial charge in [0.2, 0.25) is 0 Å². The van der Waals surface area contributed by atoms with Gasteiger partial charge in [-0.1, -0.05) is 51.9 Å². The first kappa shape index (κ1) is 16.5. The Morgan fingerprint density at radius 1 is 1.20 bits per heavy atom. The van der Waals surface area contributed by atoms with Crippen molar-refractivity contribution in [1.82, 2.24) is 9.55 Å². The van der Waals surface area contributed by atoms with Crippen LogP contribution in [0, 0.1) is 0 Å². The number of ether oxygens (including phenoxy) is 1. The number of imidazole rings is 1. The SMILES string of the molecule is CCCCCCCCCCn1cnc(C(=O)OC)c1N. The molecule has 0 aliphatic heterocycles. The zero-order valence-electron chi connectivity index (χ0n) is 12.7. The summed E-state index contributed by atoms with van der Waals surface area (Å²) in [6.45, 7) is 3.04. The predicted molar refractivity (Wildman–Crippen MR) is 80.6 cm³/mol. The van der Waals surface area contributed by atoms with Crippen LogP contribution in [0.25, 0.3) is 0 Å². The molecular formula is C15H27N3O2. The second kappa shape index (κ2) is 9.39. The van der Waals surface area contributed by atoms with Gasteiger partial charge in [0.25, 0.3) is 0 Å². The Balaban J connectivity index is 2.19. The molecule has 0 saturated carbocycles. The summed E-state index contributed by atoms with van der Waals surface area (Å²) >= 11 is 0. The summed E-state index contributed by atoms with van der Waals surface area (Å²) < 4.78 is 6.45. The van der Waals surface area contributed by atoms with Crippen molar-refractivity contribution in [3.63, 3.8) is 0 Å². The van der Waals surface area contributed by atoms with Gasteiger partial charge in [-0.2, -0.15) is 0 Å². The van der Waals surface area contributed by atoms with Crippen LogP contribution < -0.4 is 5.73 Å². The molecule has 5 heteroatoms. The van der Waals surface area contributed by atoms with E-state index in [9.17, 15) is 4.79 Å². The van der Waals surface area contributed by atoms with Crippen LogP contribution in [0.1, 0.15) is 68.8 Å². The number of hydrogen-bond donors (Lipinski definition) is 1. The topological polar surface area (TPSA) is 70.1 Å². The Morgan fingerprint density at radius 3 is 2.40 bits per heavy atom.